The van der Waals surface area contributed by atoms with Crippen LogP contribution in [0.15, 0.2) is 0 Å². The van der Waals surface area contributed by atoms with E-state index < -0.39 is 0 Å². The number of rotatable bonds is 4. The number of hydrogen-bond acceptors (Lipinski definition) is 3. The standard InChI is InChI=1S/C15H30N2O/c1-13-5-4-7-15(9-13,12-18)11-17-8-6-14(10-17)16(2)3/h13-14,18H,4-12H2,1-3H3. The van der Waals surface area contributed by atoms with Gasteiger partial charge >= 0.3 is 0 Å². The van der Waals surface area contributed by atoms with E-state index in [1.165, 1.54) is 45.2 Å². The van der Waals surface area contributed by atoms with Gasteiger partial charge in [0.2, 0.25) is 0 Å². The highest BCUT2D eigenvalue weighted by Gasteiger charge is 2.37. The third-order valence-electron chi connectivity index (χ3n) is 5.06. The molecule has 0 aromatic heterocycles. The second kappa shape index (κ2) is 5.89. The van der Waals surface area contributed by atoms with Gasteiger partial charge in [-0.05, 0) is 45.8 Å². The molecule has 18 heavy (non-hydrogen) atoms. The van der Waals surface area contributed by atoms with E-state index in [2.05, 4.69) is 30.8 Å². The Morgan fingerprint density at radius 1 is 1.33 bits per heavy atom. The van der Waals surface area contributed by atoms with E-state index in [9.17, 15) is 5.11 Å². The second-order valence-corrected chi connectivity index (χ2v) is 7.00. The molecule has 1 saturated heterocycles. The van der Waals surface area contributed by atoms with Gasteiger partial charge in [0, 0.05) is 31.2 Å². The first-order valence-electron chi connectivity index (χ1n) is 7.54. The van der Waals surface area contributed by atoms with Gasteiger partial charge in [-0.1, -0.05) is 19.8 Å². The van der Waals surface area contributed by atoms with Gasteiger partial charge < -0.3 is 14.9 Å². The summed E-state index contributed by atoms with van der Waals surface area (Å²) < 4.78 is 0. The predicted octanol–water partition coefficient (Wildman–Crippen LogP) is 1.81. The first-order valence-corrected chi connectivity index (χ1v) is 7.54. The summed E-state index contributed by atoms with van der Waals surface area (Å²) in [5, 5.41) is 9.86. The van der Waals surface area contributed by atoms with Gasteiger partial charge in [0.25, 0.3) is 0 Å². The highest BCUT2D eigenvalue weighted by Crippen LogP contribution is 2.40. The van der Waals surface area contributed by atoms with E-state index in [0.717, 1.165) is 12.5 Å². The van der Waals surface area contributed by atoms with Crippen LogP contribution in [0.4, 0.5) is 0 Å². The van der Waals surface area contributed by atoms with Crippen molar-refractivity contribution in [3.8, 4) is 0 Å². The summed E-state index contributed by atoms with van der Waals surface area (Å²) in [4.78, 5) is 4.92. The molecular formula is C15H30N2O. The lowest BCUT2D eigenvalue weighted by molar-refractivity contribution is 0.0289. The van der Waals surface area contributed by atoms with Crippen LogP contribution in [0, 0.1) is 11.3 Å². The normalized spacial score (nSPS) is 38.5. The molecule has 0 amide bonds. The molecular weight excluding hydrogens is 224 g/mol. The van der Waals surface area contributed by atoms with Crippen LogP contribution >= 0.6 is 0 Å². The zero-order valence-electron chi connectivity index (χ0n) is 12.4. The van der Waals surface area contributed by atoms with Crippen molar-refractivity contribution in [3.05, 3.63) is 0 Å². The molecule has 106 valence electrons. The summed E-state index contributed by atoms with van der Waals surface area (Å²) >= 11 is 0. The van der Waals surface area contributed by atoms with Crippen LogP contribution in [0.5, 0.6) is 0 Å². The predicted molar refractivity (Wildman–Crippen MR) is 75.7 cm³/mol. The molecule has 1 saturated carbocycles. The lowest BCUT2D eigenvalue weighted by Crippen LogP contribution is -2.43. The average molecular weight is 254 g/mol. The SMILES string of the molecule is CC1CCCC(CO)(CN2CCC(N(C)C)C2)C1. The molecule has 3 atom stereocenters. The molecule has 0 aromatic carbocycles. The van der Waals surface area contributed by atoms with Crippen LogP contribution in [0.3, 0.4) is 0 Å². The minimum atomic E-state index is 0.193. The van der Waals surface area contributed by atoms with Crippen molar-refractivity contribution in [2.24, 2.45) is 11.3 Å². The van der Waals surface area contributed by atoms with Gasteiger partial charge in [-0.25, -0.2) is 0 Å². The Bertz CT molecular complexity index is 269. The molecule has 0 bridgehead atoms. The maximum Gasteiger partial charge on any atom is 0.0499 e. The fourth-order valence-corrected chi connectivity index (χ4v) is 3.96. The molecule has 0 radical (unpaired) electrons. The minimum absolute atomic E-state index is 0.193. The molecule has 3 unspecified atom stereocenters. The molecule has 0 aromatic rings. The molecule has 2 aliphatic rings. The summed E-state index contributed by atoms with van der Waals surface area (Å²) in [6, 6.07) is 0.710. The van der Waals surface area contributed by atoms with Crippen molar-refractivity contribution in [2.45, 2.75) is 45.1 Å². The molecule has 0 spiro atoms. The van der Waals surface area contributed by atoms with Crippen LogP contribution in [0.1, 0.15) is 39.0 Å². The molecule has 3 heteroatoms. The van der Waals surface area contributed by atoms with Crippen molar-refractivity contribution in [2.75, 3.05) is 40.3 Å². The van der Waals surface area contributed by atoms with Gasteiger partial charge in [-0.2, -0.15) is 0 Å². The first-order chi connectivity index (χ1) is 8.54. The third kappa shape index (κ3) is 3.25. The number of hydrogen-bond donors (Lipinski definition) is 1. The summed E-state index contributed by atoms with van der Waals surface area (Å²) in [5.74, 6) is 0.790. The fraction of sp³-hybridized carbons (Fsp3) is 1.00. The zero-order chi connectivity index (χ0) is 13.2. The summed E-state index contributed by atoms with van der Waals surface area (Å²) in [6.45, 7) is 6.22. The van der Waals surface area contributed by atoms with Gasteiger partial charge in [-0.3, -0.25) is 0 Å². The van der Waals surface area contributed by atoms with Crippen molar-refractivity contribution in [1.82, 2.24) is 9.80 Å². The Kier molecular flexibility index (Phi) is 4.68. The monoisotopic (exact) mass is 254 g/mol. The van der Waals surface area contributed by atoms with E-state index in [1.807, 2.05) is 0 Å². The van der Waals surface area contributed by atoms with E-state index in [-0.39, 0.29) is 5.41 Å². The number of likely N-dealkylation sites (tertiary alicyclic amines) is 1. The largest absolute Gasteiger partial charge is 0.396 e. The minimum Gasteiger partial charge on any atom is -0.396 e. The lowest BCUT2D eigenvalue weighted by Gasteiger charge is -2.41. The number of aliphatic hydroxyl groups excluding tert-OH is 1. The summed E-state index contributed by atoms with van der Waals surface area (Å²) in [7, 11) is 4.36. The van der Waals surface area contributed by atoms with Crippen LogP contribution in [-0.4, -0.2) is 61.3 Å². The third-order valence-corrected chi connectivity index (χ3v) is 5.06. The molecule has 1 heterocycles. The molecule has 2 fully saturated rings. The van der Waals surface area contributed by atoms with E-state index >= 15 is 0 Å². The Morgan fingerprint density at radius 2 is 2.11 bits per heavy atom. The van der Waals surface area contributed by atoms with Crippen LogP contribution in [0.2, 0.25) is 0 Å². The quantitative estimate of drug-likeness (QED) is 0.829. The molecule has 1 aliphatic heterocycles. The Hall–Kier alpha value is -0.120. The highest BCUT2D eigenvalue weighted by molar-refractivity contribution is 4.91. The number of aliphatic hydroxyl groups is 1. The van der Waals surface area contributed by atoms with Crippen LogP contribution < -0.4 is 0 Å². The van der Waals surface area contributed by atoms with Gasteiger partial charge in [0.05, 0.1) is 0 Å². The Balaban J connectivity index is 1.91. The summed E-state index contributed by atoms with van der Waals surface area (Å²) in [5.41, 5.74) is 0.193. The maximum absolute atomic E-state index is 9.86. The van der Waals surface area contributed by atoms with Crippen molar-refractivity contribution < 1.29 is 5.11 Å². The van der Waals surface area contributed by atoms with Crippen molar-refractivity contribution in [3.63, 3.8) is 0 Å². The van der Waals surface area contributed by atoms with E-state index in [1.54, 1.807) is 0 Å². The molecule has 3 nitrogen and oxygen atoms in total. The zero-order valence-corrected chi connectivity index (χ0v) is 12.4. The Labute approximate surface area is 112 Å². The van der Waals surface area contributed by atoms with Crippen LogP contribution in [0.25, 0.3) is 0 Å². The van der Waals surface area contributed by atoms with E-state index in [4.69, 9.17) is 0 Å². The van der Waals surface area contributed by atoms with Gasteiger partial charge in [-0.15, -0.1) is 0 Å². The van der Waals surface area contributed by atoms with Crippen molar-refractivity contribution in [1.29, 1.82) is 0 Å². The first kappa shape index (κ1) is 14.3. The molecule has 2 rings (SSSR count). The van der Waals surface area contributed by atoms with Gasteiger partial charge in [0.1, 0.15) is 0 Å². The number of nitrogens with zero attached hydrogens (tertiary/aromatic N) is 2. The van der Waals surface area contributed by atoms with E-state index in [0.29, 0.717) is 12.6 Å². The molecule has 1 N–H and O–H groups in total. The molecule has 1 aliphatic carbocycles. The Morgan fingerprint density at radius 3 is 2.67 bits per heavy atom. The number of likely N-dealkylation sites (N-methyl/N-ethyl adjacent to an activating group) is 1. The average Bonchev–Trinajstić information content (AvgIpc) is 2.77. The topological polar surface area (TPSA) is 26.7 Å². The maximum atomic E-state index is 9.86. The lowest BCUT2D eigenvalue weighted by atomic mass is 9.70. The fourth-order valence-electron chi connectivity index (χ4n) is 3.96. The second-order valence-electron chi connectivity index (χ2n) is 7.00. The highest BCUT2D eigenvalue weighted by atomic mass is 16.3. The van der Waals surface area contributed by atoms with Crippen LogP contribution in [-0.2, 0) is 0 Å². The van der Waals surface area contributed by atoms with Gasteiger partial charge in [0.15, 0.2) is 0 Å². The van der Waals surface area contributed by atoms with Crippen molar-refractivity contribution >= 4 is 0 Å². The smallest absolute Gasteiger partial charge is 0.0499 e. The summed E-state index contributed by atoms with van der Waals surface area (Å²) in [6.07, 6.45) is 6.36.